The first-order valence-corrected chi connectivity index (χ1v) is 4.21. The van der Waals surface area contributed by atoms with Crippen molar-refractivity contribution >= 4 is 0 Å². The van der Waals surface area contributed by atoms with Crippen LogP contribution in [0.1, 0.15) is 19.8 Å². The van der Waals surface area contributed by atoms with Crippen molar-refractivity contribution in [2.75, 3.05) is 0 Å². The summed E-state index contributed by atoms with van der Waals surface area (Å²) in [7, 11) is 0. The van der Waals surface area contributed by atoms with Crippen LogP contribution < -0.4 is 5.73 Å². The van der Waals surface area contributed by atoms with Crippen molar-refractivity contribution in [2.45, 2.75) is 25.8 Å². The van der Waals surface area contributed by atoms with Crippen LogP contribution in [0.4, 0.5) is 0 Å². The molecule has 56 valence electrons. The van der Waals surface area contributed by atoms with Crippen LogP contribution in [0.15, 0.2) is 12.2 Å². The van der Waals surface area contributed by atoms with Crippen molar-refractivity contribution in [1.29, 1.82) is 0 Å². The molecule has 0 radical (unpaired) electrons. The topological polar surface area (TPSA) is 26.0 Å². The molecule has 0 spiro atoms. The fraction of sp³-hybridized carbons (Fsp3) is 0.778. The van der Waals surface area contributed by atoms with Crippen LogP contribution in [0.2, 0.25) is 0 Å². The predicted octanol–water partition coefficient (Wildman–Crippen LogP) is 1.55. The van der Waals surface area contributed by atoms with E-state index in [2.05, 4.69) is 19.1 Å². The smallest absolute Gasteiger partial charge is 0.00446 e. The average Bonchev–Trinajstić information content (AvgIpc) is 2.44. The second kappa shape index (κ2) is 2.09. The maximum Gasteiger partial charge on any atom is 0.00446 e. The Bertz CT molecular complexity index is 160. The molecule has 1 heteroatoms. The lowest BCUT2D eigenvalue weighted by molar-refractivity contribution is 0.382. The van der Waals surface area contributed by atoms with Gasteiger partial charge in [0.1, 0.15) is 0 Å². The van der Waals surface area contributed by atoms with E-state index in [-0.39, 0.29) is 0 Å². The number of rotatable bonds is 1. The third-order valence-corrected chi connectivity index (χ3v) is 3.01. The van der Waals surface area contributed by atoms with E-state index in [0.29, 0.717) is 6.04 Å². The molecule has 0 amide bonds. The quantitative estimate of drug-likeness (QED) is 0.545. The number of hydrogen-bond donors (Lipinski definition) is 1. The molecule has 2 aliphatic rings. The van der Waals surface area contributed by atoms with E-state index in [1.54, 1.807) is 0 Å². The molecule has 2 rings (SSSR count). The Labute approximate surface area is 62.3 Å². The van der Waals surface area contributed by atoms with Gasteiger partial charge in [0.05, 0.1) is 0 Å². The molecule has 0 aromatic heterocycles. The van der Waals surface area contributed by atoms with E-state index in [1.165, 1.54) is 12.8 Å². The zero-order valence-electron chi connectivity index (χ0n) is 6.46. The summed E-state index contributed by atoms with van der Waals surface area (Å²) < 4.78 is 0. The molecular weight excluding hydrogens is 122 g/mol. The minimum atomic E-state index is 0.403. The number of nitrogens with two attached hydrogens (primary N) is 1. The normalized spacial score (nSPS) is 46.4. The monoisotopic (exact) mass is 137 g/mol. The van der Waals surface area contributed by atoms with Crippen LogP contribution in [0.3, 0.4) is 0 Å². The van der Waals surface area contributed by atoms with E-state index in [9.17, 15) is 0 Å². The first-order valence-electron chi connectivity index (χ1n) is 4.21. The van der Waals surface area contributed by atoms with Gasteiger partial charge >= 0.3 is 0 Å². The first kappa shape index (κ1) is 6.41. The van der Waals surface area contributed by atoms with Gasteiger partial charge in [-0.25, -0.2) is 0 Å². The Morgan fingerprint density at radius 3 is 2.50 bits per heavy atom. The first-order chi connectivity index (χ1) is 4.77. The molecule has 4 atom stereocenters. The van der Waals surface area contributed by atoms with Gasteiger partial charge in [0, 0.05) is 6.04 Å². The van der Waals surface area contributed by atoms with Gasteiger partial charge in [0.2, 0.25) is 0 Å². The van der Waals surface area contributed by atoms with Crippen LogP contribution in [-0.2, 0) is 0 Å². The largest absolute Gasteiger partial charge is 0.328 e. The zero-order valence-corrected chi connectivity index (χ0v) is 6.46. The highest BCUT2D eigenvalue weighted by Crippen LogP contribution is 2.44. The van der Waals surface area contributed by atoms with Crippen molar-refractivity contribution < 1.29 is 0 Å². The SMILES string of the molecule is C[C@@H](N)C1CC2C=CC1C2. The highest BCUT2D eigenvalue weighted by Gasteiger charge is 2.37. The molecule has 2 aliphatic carbocycles. The molecule has 10 heavy (non-hydrogen) atoms. The summed E-state index contributed by atoms with van der Waals surface area (Å²) >= 11 is 0. The molecule has 0 aromatic carbocycles. The molecule has 1 fully saturated rings. The zero-order chi connectivity index (χ0) is 7.14. The Hall–Kier alpha value is -0.300. The number of allylic oxidation sites excluding steroid dienone is 2. The fourth-order valence-corrected chi connectivity index (χ4v) is 2.43. The second-order valence-electron chi connectivity index (χ2n) is 3.80. The summed E-state index contributed by atoms with van der Waals surface area (Å²) in [4.78, 5) is 0. The minimum Gasteiger partial charge on any atom is -0.328 e. The third-order valence-electron chi connectivity index (χ3n) is 3.01. The number of hydrogen-bond acceptors (Lipinski definition) is 1. The van der Waals surface area contributed by atoms with Crippen LogP contribution >= 0.6 is 0 Å². The minimum absolute atomic E-state index is 0.403. The third kappa shape index (κ3) is 0.807. The highest BCUT2D eigenvalue weighted by molar-refractivity contribution is 5.11. The van der Waals surface area contributed by atoms with Gasteiger partial charge in [-0.1, -0.05) is 12.2 Å². The maximum absolute atomic E-state index is 5.85. The summed E-state index contributed by atoms with van der Waals surface area (Å²) in [6, 6.07) is 0.403. The predicted molar refractivity (Wildman–Crippen MR) is 42.5 cm³/mol. The van der Waals surface area contributed by atoms with Gasteiger partial charge in [0.15, 0.2) is 0 Å². The van der Waals surface area contributed by atoms with E-state index < -0.39 is 0 Å². The fourth-order valence-electron chi connectivity index (χ4n) is 2.43. The van der Waals surface area contributed by atoms with Crippen LogP contribution in [-0.4, -0.2) is 6.04 Å². The van der Waals surface area contributed by atoms with E-state index >= 15 is 0 Å². The van der Waals surface area contributed by atoms with Crippen molar-refractivity contribution in [2.24, 2.45) is 23.5 Å². The van der Waals surface area contributed by atoms with E-state index in [1.807, 2.05) is 0 Å². The molecule has 2 N–H and O–H groups in total. The van der Waals surface area contributed by atoms with Crippen LogP contribution in [0.25, 0.3) is 0 Å². The van der Waals surface area contributed by atoms with Gasteiger partial charge in [-0.05, 0) is 37.5 Å². The average molecular weight is 137 g/mol. The molecule has 0 aliphatic heterocycles. The summed E-state index contributed by atoms with van der Waals surface area (Å²) in [5, 5.41) is 0. The van der Waals surface area contributed by atoms with E-state index in [0.717, 1.165) is 17.8 Å². The summed E-state index contributed by atoms with van der Waals surface area (Å²) in [6.07, 6.45) is 7.46. The van der Waals surface area contributed by atoms with Crippen molar-refractivity contribution in [3.8, 4) is 0 Å². The van der Waals surface area contributed by atoms with Gasteiger partial charge in [-0.15, -0.1) is 0 Å². The number of fused-ring (bicyclic) bond motifs is 2. The molecule has 2 bridgehead atoms. The van der Waals surface area contributed by atoms with Crippen LogP contribution in [0.5, 0.6) is 0 Å². The van der Waals surface area contributed by atoms with Gasteiger partial charge in [-0.3, -0.25) is 0 Å². The molecule has 0 aromatic rings. The Balaban J connectivity index is 2.09. The van der Waals surface area contributed by atoms with Crippen molar-refractivity contribution in [3.05, 3.63) is 12.2 Å². The van der Waals surface area contributed by atoms with Gasteiger partial charge in [-0.2, -0.15) is 0 Å². The molecule has 1 nitrogen and oxygen atoms in total. The van der Waals surface area contributed by atoms with Gasteiger partial charge in [0.25, 0.3) is 0 Å². The Morgan fingerprint density at radius 1 is 1.40 bits per heavy atom. The van der Waals surface area contributed by atoms with Crippen molar-refractivity contribution in [3.63, 3.8) is 0 Å². The summed E-state index contributed by atoms with van der Waals surface area (Å²) in [5.41, 5.74) is 5.85. The van der Waals surface area contributed by atoms with Crippen LogP contribution in [0, 0.1) is 17.8 Å². The Morgan fingerprint density at radius 2 is 2.20 bits per heavy atom. The Kier molecular flexibility index (Phi) is 1.34. The lowest BCUT2D eigenvalue weighted by Gasteiger charge is -2.21. The lowest BCUT2D eigenvalue weighted by atomic mass is 9.88. The summed E-state index contributed by atoms with van der Waals surface area (Å²) in [5.74, 6) is 2.49. The lowest BCUT2D eigenvalue weighted by Crippen LogP contribution is -2.29. The molecule has 0 saturated heterocycles. The molecular formula is C9H15N. The van der Waals surface area contributed by atoms with E-state index in [4.69, 9.17) is 5.73 Å². The highest BCUT2D eigenvalue weighted by atomic mass is 14.7. The maximum atomic E-state index is 5.85. The summed E-state index contributed by atoms with van der Waals surface area (Å²) in [6.45, 7) is 2.14. The molecule has 1 saturated carbocycles. The molecule has 3 unspecified atom stereocenters. The second-order valence-corrected chi connectivity index (χ2v) is 3.80. The standard InChI is InChI=1S/C9H15N/c1-6(10)9-5-7-2-3-8(9)4-7/h2-3,6-9H,4-5,10H2,1H3/t6-,7?,8?,9?/m1/s1. The molecule has 0 heterocycles. The van der Waals surface area contributed by atoms with Crippen molar-refractivity contribution in [1.82, 2.24) is 0 Å². The van der Waals surface area contributed by atoms with Gasteiger partial charge < -0.3 is 5.73 Å².